The van der Waals surface area contributed by atoms with Crippen molar-refractivity contribution in [2.24, 2.45) is 0 Å². The van der Waals surface area contributed by atoms with Crippen molar-refractivity contribution in [2.75, 3.05) is 5.32 Å². The lowest BCUT2D eigenvalue weighted by molar-refractivity contribution is -0.115. The van der Waals surface area contributed by atoms with Gasteiger partial charge in [0.25, 0.3) is 0 Å². The summed E-state index contributed by atoms with van der Waals surface area (Å²) in [5.74, 6) is -0.327. The monoisotopic (exact) mass is 272 g/mol. The average molecular weight is 272 g/mol. The van der Waals surface area contributed by atoms with Crippen LogP contribution >= 0.6 is 0 Å². The molecule has 20 heavy (non-hydrogen) atoms. The number of nitriles is 1. The predicted octanol–water partition coefficient (Wildman–Crippen LogP) is 1.45. The van der Waals surface area contributed by atoms with Crippen LogP contribution in [0.4, 0.5) is 5.69 Å². The molecule has 1 atom stereocenters. The number of anilines is 1. The van der Waals surface area contributed by atoms with E-state index in [0.717, 1.165) is 5.46 Å². The van der Waals surface area contributed by atoms with Gasteiger partial charge in [-0.15, -0.1) is 0 Å². The molecule has 1 aliphatic rings. The van der Waals surface area contributed by atoms with Gasteiger partial charge in [-0.3, -0.25) is 4.79 Å². The number of carbonyl (C=O) groups excluding carboxylic acids is 1. The molecule has 1 N–H and O–H groups in total. The van der Waals surface area contributed by atoms with Crippen LogP contribution < -0.4 is 10.8 Å². The first kappa shape index (κ1) is 14.6. The van der Waals surface area contributed by atoms with E-state index in [4.69, 9.17) is 14.6 Å². The molecule has 1 heterocycles. The smallest absolute Gasteiger partial charge is 0.402 e. The van der Waals surface area contributed by atoms with E-state index < -0.39 is 7.12 Å². The molecule has 104 valence electrons. The third kappa shape index (κ3) is 3.18. The van der Waals surface area contributed by atoms with Gasteiger partial charge in [0.15, 0.2) is 0 Å². The van der Waals surface area contributed by atoms with E-state index >= 15 is 0 Å². The fraction of sp³-hybridized carbons (Fsp3) is 0.429. The Hall–Kier alpha value is -1.84. The van der Waals surface area contributed by atoms with E-state index in [-0.39, 0.29) is 24.0 Å². The molecule has 1 aliphatic heterocycles. The minimum absolute atomic E-state index is 0.00987. The largest absolute Gasteiger partial charge is 0.494 e. The van der Waals surface area contributed by atoms with Gasteiger partial charge in [-0.1, -0.05) is 12.1 Å². The Labute approximate surface area is 119 Å². The third-order valence-electron chi connectivity index (χ3n) is 3.40. The maximum atomic E-state index is 11.4. The molecule has 0 radical (unpaired) electrons. The van der Waals surface area contributed by atoms with Gasteiger partial charge >= 0.3 is 7.12 Å². The highest BCUT2D eigenvalue weighted by Crippen LogP contribution is 2.26. The van der Waals surface area contributed by atoms with Gasteiger partial charge in [0.1, 0.15) is 6.42 Å². The van der Waals surface area contributed by atoms with Gasteiger partial charge in [-0.05, 0) is 38.4 Å². The SMILES string of the molecule is CC1OB(c2cccc(NC(=O)CC#N)c2)OC1(C)C. The summed E-state index contributed by atoms with van der Waals surface area (Å²) in [6, 6.07) is 9.09. The highest BCUT2D eigenvalue weighted by atomic mass is 16.7. The first-order valence-corrected chi connectivity index (χ1v) is 6.52. The first-order valence-electron chi connectivity index (χ1n) is 6.52. The lowest BCUT2D eigenvalue weighted by Crippen LogP contribution is -2.34. The number of nitrogens with zero attached hydrogens (tertiary/aromatic N) is 1. The molecule has 1 amide bonds. The Bertz CT molecular complexity index is 554. The van der Waals surface area contributed by atoms with Crippen LogP contribution in [0.25, 0.3) is 0 Å². The van der Waals surface area contributed by atoms with E-state index in [1.54, 1.807) is 12.1 Å². The van der Waals surface area contributed by atoms with E-state index in [1.807, 2.05) is 39.0 Å². The normalized spacial score (nSPS) is 20.5. The molecule has 1 aromatic rings. The zero-order valence-corrected chi connectivity index (χ0v) is 11.8. The number of amides is 1. The Morgan fingerprint density at radius 2 is 2.30 bits per heavy atom. The van der Waals surface area contributed by atoms with E-state index in [0.29, 0.717) is 5.69 Å². The fourth-order valence-electron chi connectivity index (χ4n) is 1.94. The highest BCUT2D eigenvalue weighted by molar-refractivity contribution is 6.62. The molecular formula is C14H17BN2O3. The van der Waals surface area contributed by atoms with Crippen molar-refractivity contribution >= 4 is 24.2 Å². The quantitative estimate of drug-likeness (QED) is 0.845. The number of rotatable bonds is 3. The van der Waals surface area contributed by atoms with Crippen LogP contribution in [0.5, 0.6) is 0 Å². The van der Waals surface area contributed by atoms with Gasteiger partial charge in [0.2, 0.25) is 5.91 Å². The second-order valence-electron chi connectivity index (χ2n) is 5.34. The standard InChI is InChI=1S/C14H17BN2O3/c1-10-14(2,3)20-15(19-10)11-5-4-6-12(9-11)17-13(18)7-8-16/h4-6,9-10H,7H2,1-3H3,(H,17,18). The topological polar surface area (TPSA) is 71.3 Å². The summed E-state index contributed by atoms with van der Waals surface area (Å²) >= 11 is 0. The highest BCUT2D eigenvalue weighted by Gasteiger charge is 2.43. The van der Waals surface area contributed by atoms with E-state index in [9.17, 15) is 4.79 Å². The molecule has 0 saturated carbocycles. The van der Waals surface area contributed by atoms with Crippen molar-refractivity contribution < 1.29 is 14.1 Å². The van der Waals surface area contributed by atoms with Gasteiger partial charge in [-0.25, -0.2) is 0 Å². The summed E-state index contributed by atoms with van der Waals surface area (Å²) in [5, 5.41) is 11.1. The van der Waals surface area contributed by atoms with Crippen LogP contribution in [-0.4, -0.2) is 24.7 Å². The molecule has 1 fully saturated rings. The van der Waals surface area contributed by atoms with E-state index in [2.05, 4.69) is 5.32 Å². The number of benzene rings is 1. The molecule has 0 aromatic heterocycles. The lowest BCUT2D eigenvalue weighted by Gasteiger charge is -2.21. The Morgan fingerprint density at radius 3 is 2.90 bits per heavy atom. The molecule has 1 unspecified atom stereocenters. The van der Waals surface area contributed by atoms with Crippen LogP contribution in [0.3, 0.4) is 0 Å². The van der Waals surface area contributed by atoms with Crippen molar-refractivity contribution in [2.45, 2.75) is 38.9 Å². The molecule has 1 aromatic carbocycles. The third-order valence-corrected chi connectivity index (χ3v) is 3.40. The number of hydrogen-bond acceptors (Lipinski definition) is 4. The van der Waals surface area contributed by atoms with Crippen molar-refractivity contribution in [1.82, 2.24) is 0 Å². The zero-order valence-electron chi connectivity index (χ0n) is 11.8. The Morgan fingerprint density at radius 1 is 1.55 bits per heavy atom. The van der Waals surface area contributed by atoms with Crippen LogP contribution in [0.2, 0.25) is 0 Å². The van der Waals surface area contributed by atoms with Gasteiger partial charge in [-0.2, -0.15) is 5.26 Å². The number of carbonyl (C=O) groups is 1. The van der Waals surface area contributed by atoms with Gasteiger partial charge < -0.3 is 14.6 Å². The molecule has 6 heteroatoms. The molecule has 2 rings (SSSR count). The second-order valence-corrected chi connectivity index (χ2v) is 5.34. The Kier molecular flexibility index (Phi) is 4.12. The minimum atomic E-state index is -0.437. The van der Waals surface area contributed by atoms with Crippen molar-refractivity contribution in [3.05, 3.63) is 24.3 Å². The number of hydrogen-bond donors (Lipinski definition) is 1. The van der Waals surface area contributed by atoms with Crippen molar-refractivity contribution in [3.8, 4) is 6.07 Å². The summed E-state index contributed by atoms with van der Waals surface area (Å²) in [6.07, 6.45) is -0.172. The molecule has 0 spiro atoms. The summed E-state index contributed by atoms with van der Waals surface area (Å²) in [4.78, 5) is 11.4. The summed E-state index contributed by atoms with van der Waals surface area (Å²) < 4.78 is 11.7. The summed E-state index contributed by atoms with van der Waals surface area (Å²) in [6.45, 7) is 5.94. The van der Waals surface area contributed by atoms with Crippen LogP contribution in [0, 0.1) is 11.3 Å². The van der Waals surface area contributed by atoms with Crippen LogP contribution in [0.15, 0.2) is 24.3 Å². The maximum absolute atomic E-state index is 11.4. The van der Waals surface area contributed by atoms with Crippen molar-refractivity contribution in [1.29, 1.82) is 5.26 Å². The van der Waals surface area contributed by atoms with Gasteiger partial charge in [0, 0.05) is 5.69 Å². The van der Waals surface area contributed by atoms with Crippen LogP contribution in [0.1, 0.15) is 27.2 Å². The van der Waals surface area contributed by atoms with E-state index in [1.165, 1.54) is 0 Å². The molecular weight excluding hydrogens is 255 g/mol. The second kappa shape index (κ2) is 5.65. The molecule has 0 bridgehead atoms. The predicted molar refractivity (Wildman–Crippen MR) is 76.4 cm³/mol. The van der Waals surface area contributed by atoms with Gasteiger partial charge in [0.05, 0.1) is 17.8 Å². The first-order chi connectivity index (χ1) is 9.42. The van der Waals surface area contributed by atoms with Crippen molar-refractivity contribution in [3.63, 3.8) is 0 Å². The molecule has 0 aliphatic carbocycles. The fourth-order valence-corrected chi connectivity index (χ4v) is 1.94. The summed E-state index contributed by atoms with van der Waals surface area (Å²) in [5.41, 5.74) is 1.13. The molecule has 5 nitrogen and oxygen atoms in total. The Balaban J connectivity index is 2.11. The zero-order chi connectivity index (χ0) is 14.8. The maximum Gasteiger partial charge on any atom is 0.494 e. The molecule has 1 saturated heterocycles. The van der Waals surface area contributed by atoms with Crippen LogP contribution in [-0.2, 0) is 14.1 Å². The summed E-state index contributed by atoms with van der Waals surface area (Å²) in [7, 11) is -0.437. The number of nitrogens with one attached hydrogen (secondary N) is 1. The minimum Gasteiger partial charge on any atom is -0.402 e. The lowest BCUT2D eigenvalue weighted by atomic mass is 9.79. The average Bonchev–Trinajstić information content (AvgIpc) is 2.64.